The Kier molecular flexibility index (Phi) is 10.8. The third kappa shape index (κ3) is 6.57. The van der Waals surface area contributed by atoms with Crippen molar-refractivity contribution in [3.8, 4) is 0 Å². The van der Waals surface area contributed by atoms with E-state index in [0.717, 1.165) is 6.42 Å². The number of rotatable bonds is 6. The second-order valence-corrected chi connectivity index (χ2v) is 2.36. The highest BCUT2D eigenvalue weighted by molar-refractivity contribution is 8.93. The van der Waals surface area contributed by atoms with E-state index in [0.29, 0.717) is 6.54 Å². The fraction of sp³-hybridized carbons (Fsp3) is 0.857. The number of aliphatic carboxylic acids is 1. The fourth-order valence-corrected chi connectivity index (χ4v) is 0.761. The molecule has 0 amide bonds. The zero-order chi connectivity index (χ0) is 8.69. The lowest BCUT2D eigenvalue weighted by atomic mass is 10.2. The van der Waals surface area contributed by atoms with E-state index >= 15 is 0 Å². The molecule has 0 aromatic carbocycles. The molecule has 3 N–H and O–H groups in total. The van der Waals surface area contributed by atoms with Gasteiger partial charge in [-0.15, -0.1) is 17.0 Å². The molecule has 0 radical (unpaired) electrons. The van der Waals surface area contributed by atoms with Crippen LogP contribution >= 0.6 is 17.0 Å². The molecule has 0 aromatic heterocycles. The Labute approximate surface area is 82.7 Å². The van der Waals surface area contributed by atoms with Crippen LogP contribution in [0.5, 0.6) is 0 Å². The van der Waals surface area contributed by atoms with Crippen LogP contribution in [0.25, 0.3) is 0 Å². The molecule has 0 aromatic rings. The molecule has 0 unspecified atom stereocenters. The van der Waals surface area contributed by atoms with E-state index in [2.05, 4.69) is 5.32 Å². The number of halogens is 1. The Hall–Kier alpha value is -0.130. The van der Waals surface area contributed by atoms with Gasteiger partial charge in [-0.05, 0) is 19.4 Å². The van der Waals surface area contributed by atoms with Gasteiger partial charge in [0, 0.05) is 6.61 Å². The highest BCUT2D eigenvalue weighted by Crippen LogP contribution is 1.90. The van der Waals surface area contributed by atoms with Gasteiger partial charge in [0.25, 0.3) is 0 Å². The van der Waals surface area contributed by atoms with Crippen molar-refractivity contribution in [3.05, 3.63) is 0 Å². The van der Waals surface area contributed by atoms with Crippen LogP contribution in [0.15, 0.2) is 0 Å². The minimum atomic E-state index is -0.896. The Morgan fingerprint density at radius 2 is 2.17 bits per heavy atom. The van der Waals surface area contributed by atoms with Gasteiger partial charge in [-0.25, -0.2) is 0 Å². The van der Waals surface area contributed by atoms with E-state index in [1.165, 1.54) is 0 Å². The zero-order valence-corrected chi connectivity index (χ0v) is 8.83. The van der Waals surface area contributed by atoms with Crippen molar-refractivity contribution in [3.63, 3.8) is 0 Å². The number of carboxylic acid groups (broad SMARTS) is 1. The van der Waals surface area contributed by atoms with Gasteiger partial charge in [-0.3, -0.25) is 4.79 Å². The van der Waals surface area contributed by atoms with E-state index < -0.39 is 12.0 Å². The molecule has 5 heteroatoms. The van der Waals surface area contributed by atoms with Crippen molar-refractivity contribution in [2.75, 3.05) is 13.2 Å². The van der Waals surface area contributed by atoms with E-state index in [1.54, 1.807) is 0 Å². The molecule has 12 heavy (non-hydrogen) atoms. The Morgan fingerprint density at radius 1 is 1.58 bits per heavy atom. The molecule has 0 spiro atoms. The molecule has 0 saturated carbocycles. The number of aliphatic hydroxyl groups is 1. The molecular formula is C7H16BrNO3. The maximum atomic E-state index is 10.4. The Balaban J connectivity index is 0. The molecule has 0 aliphatic carbocycles. The van der Waals surface area contributed by atoms with Crippen LogP contribution in [0.1, 0.15) is 19.8 Å². The first kappa shape index (κ1) is 14.4. The number of hydrogen-bond donors (Lipinski definition) is 3. The third-order valence-corrected chi connectivity index (χ3v) is 1.36. The third-order valence-electron chi connectivity index (χ3n) is 1.36. The standard InChI is InChI=1S/C7H15NO3.BrH/c1-2-4-8-6(3-5-9)7(10)11;/h6,8-9H,2-5H2,1H3,(H,10,11);1H/t6-;/m0./s1. The van der Waals surface area contributed by atoms with E-state index in [-0.39, 0.29) is 30.0 Å². The lowest BCUT2D eigenvalue weighted by molar-refractivity contribution is -0.139. The quantitative estimate of drug-likeness (QED) is 0.630. The lowest BCUT2D eigenvalue weighted by Crippen LogP contribution is -2.37. The average Bonchev–Trinajstić information content (AvgIpc) is 1.97. The molecule has 0 bridgehead atoms. The summed E-state index contributed by atoms with van der Waals surface area (Å²) in [4.78, 5) is 10.4. The summed E-state index contributed by atoms with van der Waals surface area (Å²) in [6.07, 6.45) is 1.17. The summed E-state index contributed by atoms with van der Waals surface area (Å²) in [6.45, 7) is 2.55. The second-order valence-electron chi connectivity index (χ2n) is 2.36. The largest absolute Gasteiger partial charge is 0.480 e. The molecule has 0 aliphatic rings. The first-order valence-electron chi connectivity index (χ1n) is 3.79. The summed E-state index contributed by atoms with van der Waals surface area (Å²) in [5.74, 6) is -0.896. The summed E-state index contributed by atoms with van der Waals surface area (Å²) in [7, 11) is 0. The molecule has 74 valence electrons. The molecule has 0 saturated heterocycles. The molecule has 4 nitrogen and oxygen atoms in total. The van der Waals surface area contributed by atoms with Crippen LogP contribution in [-0.2, 0) is 4.79 Å². The van der Waals surface area contributed by atoms with Crippen molar-refractivity contribution in [2.24, 2.45) is 0 Å². The maximum absolute atomic E-state index is 10.4. The molecular weight excluding hydrogens is 226 g/mol. The molecule has 0 aliphatic heterocycles. The second kappa shape index (κ2) is 8.96. The number of carboxylic acids is 1. The van der Waals surface area contributed by atoms with Crippen LogP contribution in [0, 0.1) is 0 Å². The van der Waals surface area contributed by atoms with Gasteiger partial charge in [0.1, 0.15) is 6.04 Å². The van der Waals surface area contributed by atoms with Crippen LogP contribution in [0.2, 0.25) is 0 Å². The topological polar surface area (TPSA) is 69.6 Å². The first-order chi connectivity index (χ1) is 5.22. The molecule has 0 rings (SSSR count). The lowest BCUT2D eigenvalue weighted by Gasteiger charge is -2.11. The molecule has 0 heterocycles. The summed E-state index contributed by atoms with van der Waals surface area (Å²) < 4.78 is 0. The van der Waals surface area contributed by atoms with E-state index in [9.17, 15) is 4.79 Å². The first-order valence-corrected chi connectivity index (χ1v) is 3.79. The van der Waals surface area contributed by atoms with Gasteiger partial charge in [-0.2, -0.15) is 0 Å². The van der Waals surface area contributed by atoms with Crippen molar-refractivity contribution in [1.82, 2.24) is 5.32 Å². The van der Waals surface area contributed by atoms with Crippen molar-refractivity contribution >= 4 is 23.0 Å². The van der Waals surface area contributed by atoms with Gasteiger partial charge in [0.2, 0.25) is 0 Å². The summed E-state index contributed by atoms with van der Waals surface area (Å²) in [5, 5.41) is 19.8. The van der Waals surface area contributed by atoms with Gasteiger partial charge in [0.05, 0.1) is 0 Å². The highest BCUT2D eigenvalue weighted by atomic mass is 79.9. The molecule has 1 atom stereocenters. The van der Waals surface area contributed by atoms with Crippen LogP contribution in [0.4, 0.5) is 0 Å². The maximum Gasteiger partial charge on any atom is 0.320 e. The normalized spacial score (nSPS) is 11.8. The number of nitrogens with one attached hydrogen (secondary N) is 1. The van der Waals surface area contributed by atoms with Crippen LogP contribution < -0.4 is 5.32 Å². The number of carbonyl (C=O) groups is 1. The predicted molar refractivity (Wildman–Crippen MR) is 51.7 cm³/mol. The minimum Gasteiger partial charge on any atom is -0.480 e. The molecule has 0 fully saturated rings. The van der Waals surface area contributed by atoms with E-state index in [4.69, 9.17) is 10.2 Å². The number of aliphatic hydroxyl groups excluding tert-OH is 1. The minimum absolute atomic E-state index is 0. The Morgan fingerprint density at radius 3 is 2.50 bits per heavy atom. The summed E-state index contributed by atoms with van der Waals surface area (Å²) >= 11 is 0. The van der Waals surface area contributed by atoms with Gasteiger partial charge >= 0.3 is 5.97 Å². The Bertz CT molecular complexity index is 121. The number of hydrogen-bond acceptors (Lipinski definition) is 3. The van der Waals surface area contributed by atoms with E-state index in [1.807, 2.05) is 6.92 Å². The van der Waals surface area contributed by atoms with Gasteiger partial charge in [0.15, 0.2) is 0 Å². The van der Waals surface area contributed by atoms with Gasteiger partial charge < -0.3 is 15.5 Å². The highest BCUT2D eigenvalue weighted by Gasteiger charge is 2.14. The van der Waals surface area contributed by atoms with Crippen molar-refractivity contribution < 1.29 is 15.0 Å². The smallest absolute Gasteiger partial charge is 0.320 e. The van der Waals surface area contributed by atoms with Gasteiger partial charge in [-0.1, -0.05) is 6.92 Å². The monoisotopic (exact) mass is 241 g/mol. The van der Waals surface area contributed by atoms with Crippen molar-refractivity contribution in [2.45, 2.75) is 25.8 Å². The zero-order valence-electron chi connectivity index (χ0n) is 7.12. The fourth-order valence-electron chi connectivity index (χ4n) is 0.761. The average molecular weight is 242 g/mol. The predicted octanol–water partition coefficient (Wildman–Crippen LogP) is 0.399. The van der Waals surface area contributed by atoms with Crippen molar-refractivity contribution in [1.29, 1.82) is 0 Å². The van der Waals surface area contributed by atoms with Crippen LogP contribution in [-0.4, -0.2) is 35.4 Å². The van der Waals surface area contributed by atoms with Crippen LogP contribution in [0.3, 0.4) is 0 Å². The summed E-state index contributed by atoms with van der Waals surface area (Å²) in [5.41, 5.74) is 0. The summed E-state index contributed by atoms with van der Waals surface area (Å²) in [6, 6.07) is -0.597. The SMILES string of the molecule is Br.CCCN[C@@H](CCO)C(=O)O.